The Balaban J connectivity index is 1.53. The Labute approximate surface area is 153 Å². The van der Waals surface area contributed by atoms with E-state index in [4.69, 9.17) is 0 Å². The molecule has 0 unspecified atom stereocenters. The van der Waals surface area contributed by atoms with Gasteiger partial charge < -0.3 is 4.98 Å². The van der Waals surface area contributed by atoms with E-state index in [9.17, 15) is 4.79 Å². The van der Waals surface area contributed by atoms with Gasteiger partial charge in [-0.15, -0.1) is 0 Å². The number of pyridine rings is 1. The molecule has 1 aromatic carbocycles. The smallest absolute Gasteiger partial charge is 0.251 e. The highest BCUT2D eigenvalue weighted by molar-refractivity contribution is 5.78. The maximum atomic E-state index is 12.1. The molecule has 1 aromatic heterocycles. The van der Waals surface area contributed by atoms with Gasteiger partial charge in [0.1, 0.15) is 0 Å². The number of unbranched alkanes of at least 4 members (excludes halogenated alkanes) is 11. The zero-order valence-corrected chi connectivity index (χ0v) is 16.0. The first-order chi connectivity index (χ1) is 12.3. The third kappa shape index (κ3) is 7.46. The Morgan fingerprint density at radius 3 is 1.96 bits per heavy atom. The van der Waals surface area contributed by atoms with Crippen LogP contribution >= 0.6 is 0 Å². The van der Waals surface area contributed by atoms with Crippen molar-refractivity contribution < 1.29 is 0 Å². The standard InChI is InChI=1S/C23H35NO/c1-2-3-4-5-6-7-8-9-10-11-12-13-17-21-19-20-16-14-15-18-22(20)24-23(21)25/h14-16,18-19H,2-13,17H2,1H3,(H,24,25). The first kappa shape index (κ1) is 19.8. The SMILES string of the molecule is CCCCCCCCCCCCCCc1cc2ccccc2[nH]c1=O. The number of aromatic nitrogens is 1. The number of benzene rings is 1. The summed E-state index contributed by atoms with van der Waals surface area (Å²) in [6.45, 7) is 2.27. The van der Waals surface area contributed by atoms with Gasteiger partial charge in [-0.3, -0.25) is 4.79 Å². The highest BCUT2D eigenvalue weighted by Gasteiger charge is 2.02. The van der Waals surface area contributed by atoms with Crippen LogP contribution in [0.15, 0.2) is 35.1 Å². The molecule has 2 rings (SSSR count). The summed E-state index contributed by atoms with van der Waals surface area (Å²) in [7, 11) is 0. The molecule has 138 valence electrons. The van der Waals surface area contributed by atoms with Crippen molar-refractivity contribution >= 4 is 10.9 Å². The maximum absolute atomic E-state index is 12.1. The zero-order valence-electron chi connectivity index (χ0n) is 16.0. The molecule has 0 bridgehead atoms. The minimum absolute atomic E-state index is 0.0850. The highest BCUT2D eigenvalue weighted by atomic mass is 16.1. The quantitative estimate of drug-likeness (QED) is 0.400. The Morgan fingerprint density at radius 2 is 1.32 bits per heavy atom. The summed E-state index contributed by atoms with van der Waals surface area (Å²) in [5.41, 5.74) is 1.96. The highest BCUT2D eigenvalue weighted by Crippen LogP contribution is 2.14. The Hall–Kier alpha value is -1.57. The van der Waals surface area contributed by atoms with Crippen LogP contribution in [0.4, 0.5) is 0 Å². The minimum atomic E-state index is 0.0850. The number of aromatic amines is 1. The lowest BCUT2D eigenvalue weighted by atomic mass is 10.0. The van der Waals surface area contributed by atoms with E-state index in [0.717, 1.165) is 29.3 Å². The zero-order chi connectivity index (χ0) is 17.7. The molecule has 0 saturated carbocycles. The lowest BCUT2D eigenvalue weighted by Gasteiger charge is -2.04. The Morgan fingerprint density at radius 1 is 0.760 bits per heavy atom. The molecule has 1 N–H and O–H groups in total. The number of hydrogen-bond acceptors (Lipinski definition) is 1. The second kappa shape index (κ2) is 11.9. The van der Waals surface area contributed by atoms with Crippen LogP contribution in [-0.2, 0) is 6.42 Å². The summed E-state index contributed by atoms with van der Waals surface area (Å²) in [6, 6.07) is 10.1. The van der Waals surface area contributed by atoms with Gasteiger partial charge in [0.2, 0.25) is 0 Å². The summed E-state index contributed by atoms with van der Waals surface area (Å²) >= 11 is 0. The van der Waals surface area contributed by atoms with Gasteiger partial charge in [-0.05, 0) is 30.4 Å². The number of hydrogen-bond donors (Lipinski definition) is 1. The third-order valence-electron chi connectivity index (χ3n) is 5.13. The van der Waals surface area contributed by atoms with E-state index in [1.165, 1.54) is 70.6 Å². The van der Waals surface area contributed by atoms with Crippen LogP contribution in [0.1, 0.15) is 89.5 Å². The van der Waals surface area contributed by atoms with Gasteiger partial charge in [0.25, 0.3) is 5.56 Å². The second-order valence-corrected chi connectivity index (χ2v) is 7.35. The van der Waals surface area contributed by atoms with Crippen LogP contribution < -0.4 is 5.56 Å². The van der Waals surface area contributed by atoms with Crippen molar-refractivity contribution in [3.8, 4) is 0 Å². The van der Waals surface area contributed by atoms with Crippen LogP contribution in [-0.4, -0.2) is 4.98 Å². The fourth-order valence-corrected chi connectivity index (χ4v) is 3.53. The van der Waals surface area contributed by atoms with E-state index in [2.05, 4.69) is 24.0 Å². The van der Waals surface area contributed by atoms with Crippen molar-refractivity contribution in [2.45, 2.75) is 90.4 Å². The molecular weight excluding hydrogens is 306 g/mol. The van der Waals surface area contributed by atoms with Crippen LogP contribution in [0.2, 0.25) is 0 Å². The van der Waals surface area contributed by atoms with E-state index in [-0.39, 0.29) is 5.56 Å². The van der Waals surface area contributed by atoms with Gasteiger partial charge in [0.15, 0.2) is 0 Å². The monoisotopic (exact) mass is 341 g/mol. The number of rotatable bonds is 13. The average molecular weight is 342 g/mol. The average Bonchev–Trinajstić information content (AvgIpc) is 2.63. The predicted molar refractivity (Wildman–Crippen MR) is 109 cm³/mol. The van der Waals surface area contributed by atoms with Crippen molar-refractivity contribution in [3.63, 3.8) is 0 Å². The third-order valence-corrected chi connectivity index (χ3v) is 5.13. The van der Waals surface area contributed by atoms with Gasteiger partial charge in [0, 0.05) is 11.1 Å². The van der Waals surface area contributed by atoms with Crippen molar-refractivity contribution in [2.24, 2.45) is 0 Å². The van der Waals surface area contributed by atoms with E-state index >= 15 is 0 Å². The number of aryl methyl sites for hydroxylation is 1. The number of fused-ring (bicyclic) bond motifs is 1. The Bertz CT molecular complexity index is 658. The van der Waals surface area contributed by atoms with Gasteiger partial charge in [0.05, 0.1) is 0 Å². The predicted octanol–water partition coefficient (Wildman–Crippen LogP) is 6.77. The van der Waals surface area contributed by atoms with Crippen molar-refractivity contribution in [1.82, 2.24) is 4.98 Å². The van der Waals surface area contributed by atoms with Gasteiger partial charge in [-0.1, -0.05) is 95.8 Å². The lowest BCUT2D eigenvalue weighted by Crippen LogP contribution is -2.12. The van der Waals surface area contributed by atoms with Crippen molar-refractivity contribution in [1.29, 1.82) is 0 Å². The minimum Gasteiger partial charge on any atom is -0.322 e. The van der Waals surface area contributed by atoms with Gasteiger partial charge >= 0.3 is 0 Å². The molecular formula is C23H35NO. The molecule has 0 aliphatic rings. The molecule has 0 aliphatic carbocycles. The summed E-state index contributed by atoms with van der Waals surface area (Å²) < 4.78 is 0. The van der Waals surface area contributed by atoms with Gasteiger partial charge in [-0.25, -0.2) is 0 Å². The lowest BCUT2D eigenvalue weighted by molar-refractivity contribution is 0.544. The first-order valence-electron chi connectivity index (χ1n) is 10.4. The summed E-state index contributed by atoms with van der Waals surface area (Å²) in [6.07, 6.45) is 17.1. The molecule has 0 spiro atoms. The van der Waals surface area contributed by atoms with Crippen LogP contribution in [0.3, 0.4) is 0 Å². The largest absolute Gasteiger partial charge is 0.322 e. The van der Waals surface area contributed by atoms with E-state index in [1.807, 2.05) is 18.2 Å². The van der Waals surface area contributed by atoms with Crippen LogP contribution in [0.5, 0.6) is 0 Å². The molecule has 0 radical (unpaired) electrons. The molecule has 2 nitrogen and oxygen atoms in total. The molecule has 2 heteroatoms. The molecule has 1 heterocycles. The first-order valence-corrected chi connectivity index (χ1v) is 10.4. The Kier molecular flexibility index (Phi) is 9.40. The topological polar surface area (TPSA) is 32.9 Å². The fourth-order valence-electron chi connectivity index (χ4n) is 3.53. The van der Waals surface area contributed by atoms with Crippen molar-refractivity contribution in [3.05, 3.63) is 46.2 Å². The molecule has 0 atom stereocenters. The normalized spacial score (nSPS) is 11.2. The maximum Gasteiger partial charge on any atom is 0.251 e. The fraction of sp³-hybridized carbons (Fsp3) is 0.609. The summed E-state index contributed by atoms with van der Waals surface area (Å²) in [5, 5.41) is 1.14. The molecule has 0 amide bonds. The number of para-hydroxylation sites is 1. The molecule has 0 saturated heterocycles. The van der Waals surface area contributed by atoms with E-state index in [1.54, 1.807) is 0 Å². The molecule has 2 aromatic rings. The second-order valence-electron chi connectivity index (χ2n) is 7.35. The van der Waals surface area contributed by atoms with Crippen molar-refractivity contribution in [2.75, 3.05) is 0 Å². The van der Waals surface area contributed by atoms with Gasteiger partial charge in [-0.2, -0.15) is 0 Å². The molecule has 25 heavy (non-hydrogen) atoms. The van der Waals surface area contributed by atoms with E-state index < -0.39 is 0 Å². The van der Waals surface area contributed by atoms with Crippen LogP contribution in [0.25, 0.3) is 10.9 Å². The van der Waals surface area contributed by atoms with Crippen LogP contribution in [0, 0.1) is 0 Å². The summed E-state index contributed by atoms with van der Waals surface area (Å²) in [4.78, 5) is 15.1. The van der Waals surface area contributed by atoms with E-state index in [0.29, 0.717) is 0 Å². The molecule has 0 fully saturated rings. The number of H-pyrrole nitrogens is 1. The molecule has 0 aliphatic heterocycles. The number of nitrogens with one attached hydrogen (secondary N) is 1. The summed E-state index contributed by atoms with van der Waals surface area (Å²) in [5.74, 6) is 0.